The Balaban J connectivity index is 3.41. The molecular formula is C3H3NSSe. The van der Waals surface area contributed by atoms with Crippen LogP contribution >= 0.6 is 12.2 Å². The van der Waals surface area contributed by atoms with E-state index < -0.39 is 0 Å². The Morgan fingerprint density at radius 1 is 1.83 bits per heavy atom. The van der Waals surface area contributed by atoms with Crippen LogP contribution in [0.4, 0.5) is 0 Å². The fourth-order valence-corrected chi connectivity index (χ4v) is 1.42. The Morgan fingerprint density at radius 2 is 2.67 bits per heavy atom. The van der Waals surface area contributed by atoms with Gasteiger partial charge in [-0.25, -0.2) is 0 Å². The second kappa shape index (κ2) is 1.73. The first kappa shape index (κ1) is 4.31. The van der Waals surface area contributed by atoms with Gasteiger partial charge < -0.3 is 0 Å². The van der Waals surface area contributed by atoms with Crippen molar-refractivity contribution in [3.63, 3.8) is 0 Å². The third-order valence-corrected chi connectivity index (χ3v) is 2.33. The van der Waals surface area contributed by atoms with Gasteiger partial charge in [0, 0.05) is 0 Å². The molecule has 0 aliphatic rings. The molecule has 1 aromatic rings. The van der Waals surface area contributed by atoms with Crippen molar-refractivity contribution < 1.29 is 0 Å². The van der Waals surface area contributed by atoms with Crippen LogP contribution in [0.2, 0.25) is 0 Å². The van der Waals surface area contributed by atoms with E-state index in [0.717, 1.165) is 3.51 Å². The van der Waals surface area contributed by atoms with Crippen LogP contribution < -0.4 is 0 Å². The second-order valence-corrected chi connectivity index (χ2v) is 3.77. The summed E-state index contributed by atoms with van der Waals surface area (Å²) in [6.45, 7) is 0. The Hall–Kier alpha value is 0.149. The first-order chi connectivity index (χ1) is 2.89. The number of aromatic nitrogens is 1. The number of hydrogen-bond donors (Lipinski definition) is 1. The van der Waals surface area contributed by atoms with E-state index in [2.05, 4.69) is 9.92 Å². The molecule has 0 aliphatic carbocycles. The standard InChI is InChI=1S/C3H3NSSe/c5-3-4-1-2-6-3/h1-2H,(H,4,5). The molecule has 6 heavy (non-hydrogen) atoms. The van der Waals surface area contributed by atoms with E-state index in [0.29, 0.717) is 14.5 Å². The van der Waals surface area contributed by atoms with Crippen LogP contribution in [0, 0.1) is 3.51 Å². The quantitative estimate of drug-likeness (QED) is 0.443. The summed E-state index contributed by atoms with van der Waals surface area (Å²) in [6, 6.07) is 0. The molecule has 0 bridgehead atoms. The van der Waals surface area contributed by atoms with Crippen molar-refractivity contribution in [1.29, 1.82) is 0 Å². The van der Waals surface area contributed by atoms with Gasteiger partial charge in [-0.15, -0.1) is 0 Å². The molecule has 1 N–H and O–H groups in total. The van der Waals surface area contributed by atoms with Gasteiger partial charge in [0.1, 0.15) is 0 Å². The third-order valence-electron chi connectivity index (χ3n) is 0.444. The molecule has 0 radical (unpaired) electrons. The van der Waals surface area contributed by atoms with Crippen LogP contribution in [-0.2, 0) is 0 Å². The summed E-state index contributed by atoms with van der Waals surface area (Å²) in [6.07, 6.45) is 1.89. The Kier molecular flexibility index (Phi) is 1.25. The van der Waals surface area contributed by atoms with Gasteiger partial charge >= 0.3 is 46.4 Å². The maximum absolute atomic E-state index is 4.77. The molecule has 0 saturated heterocycles. The van der Waals surface area contributed by atoms with Crippen molar-refractivity contribution in [3.05, 3.63) is 14.7 Å². The van der Waals surface area contributed by atoms with Gasteiger partial charge in [0.05, 0.1) is 0 Å². The van der Waals surface area contributed by atoms with Gasteiger partial charge in [-0.1, -0.05) is 0 Å². The summed E-state index contributed by atoms with van der Waals surface area (Å²) >= 11 is 5.24. The van der Waals surface area contributed by atoms with E-state index in [1.165, 1.54) is 0 Å². The second-order valence-electron chi connectivity index (χ2n) is 0.852. The molecule has 0 unspecified atom stereocenters. The molecule has 1 aromatic heterocycles. The van der Waals surface area contributed by atoms with Gasteiger partial charge in [-0.05, 0) is 0 Å². The van der Waals surface area contributed by atoms with Crippen LogP contribution in [0.15, 0.2) is 11.1 Å². The Morgan fingerprint density at radius 3 is 2.83 bits per heavy atom. The topological polar surface area (TPSA) is 15.8 Å². The average molecular weight is 164 g/mol. The zero-order chi connectivity index (χ0) is 4.41. The zero-order valence-corrected chi connectivity index (χ0v) is 5.50. The van der Waals surface area contributed by atoms with E-state index in [1.54, 1.807) is 0 Å². The number of H-pyrrole nitrogens is 1. The molecule has 1 rings (SSSR count). The maximum atomic E-state index is 4.77. The molecule has 3 heteroatoms. The van der Waals surface area contributed by atoms with Crippen molar-refractivity contribution in [2.75, 3.05) is 0 Å². The predicted octanol–water partition coefficient (Wildman–Crippen LogP) is 0.801. The summed E-state index contributed by atoms with van der Waals surface area (Å²) in [5, 5.41) is 0. The number of aromatic amines is 1. The zero-order valence-electron chi connectivity index (χ0n) is 2.97. The molecule has 0 aliphatic heterocycles. The van der Waals surface area contributed by atoms with Crippen molar-refractivity contribution in [3.8, 4) is 0 Å². The molecule has 32 valence electrons. The fraction of sp³-hybridized carbons (Fsp3) is 0. The molecule has 0 amide bonds. The molecule has 0 fully saturated rings. The fourth-order valence-electron chi connectivity index (χ4n) is 0.232. The van der Waals surface area contributed by atoms with Gasteiger partial charge in [-0.3, -0.25) is 0 Å². The Bertz CT molecular complexity index is 149. The average Bonchev–Trinajstić information content (AvgIpc) is 1.86. The molecular weight excluding hydrogens is 161 g/mol. The molecule has 0 saturated carbocycles. The summed E-state index contributed by atoms with van der Waals surface area (Å²) in [5.74, 6) is 0. The number of rotatable bonds is 0. The van der Waals surface area contributed by atoms with Crippen molar-refractivity contribution >= 4 is 26.7 Å². The van der Waals surface area contributed by atoms with E-state index in [4.69, 9.17) is 12.2 Å². The van der Waals surface area contributed by atoms with Crippen LogP contribution in [0.3, 0.4) is 0 Å². The van der Waals surface area contributed by atoms with Crippen molar-refractivity contribution in [2.45, 2.75) is 0 Å². The van der Waals surface area contributed by atoms with Crippen molar-refractivity contribution in [2.24, 2.45) is 0 Å². The number of nitrogens with one attached hydrogen (secondary N) is 1. The normalized spacial score (nSPS) is 8.67. The van der Waals surface area contributed by atoms with E-state index in [-0.39, 0.29) is 0 Å². The number of hydrogen-bond acceptors (Lipinski definition) is 1. The van der Waals surface area contributed by atoms with Crippen LogP contribution in [-0.4, -0.2) is 19.5 Å². The molecule has 0 atom stereocenters. The Labute approximate surface area is 46.8 Å². The minimum atomic E-state index is 0.468. The first-order valence-electron chi connectivity index (χ1n) is 1.52. The summed E-state index contributed by atoms with van der Waals surface area (Å²) in [5.41, 5.74) is 0. The van der Waals surface area contributed by atoms with Crippen LogP contribution in [0.25, 0.3) is 0 Å². The predicted molar refractivity (Wildman–Crippen MR) is 28.6 cm³/mol. The van der Waals surface area contributed by atoms with Gasteiger partial charge in [0.15, 0.2) is 0 Å². The van der Waals surface area contributed by atoms with E-state index in [9.17, 15) is 0 Å². The molecule has 1 heterocycles. The van der Waals surface area contributed by atoms with Crippen molar-refractivity contribution in [1.82, 2.24) is 4.98 Å². The summed E-state index contributed by atoms with van der Waals surface area (Å²) in [4.78, 5) is 4.96. The molecule has 0 aromatic carbocycles. The van der Waals surface area contributed by atoms with Gasteiger partial charge in [0.2, 0.25) is 0 Å². The van der Waals surface area contributed by atoms with E-state index in [1.807, 2.05) is 6.20 Å². The summed E-state index contributed by atoms with van der Waals surface area (Å²) in [7, 11) is 0. The SMILES string of the molecule is S=c1[nH]cc[se]1. The molecule has 0 spiro atoms. The summed E-state index contributed by atoms with van der Waals surface area (Å²) < 4.78 is 0.988. The van der Waals surface area contributed by atoms with Gasteiger partial charge in [0.25, 0.3) is 0 Å². The van der Waals surface area contributed by atoms with Crippen LogP contribution in [0.1, 0.15) is 0 Å². The van der Waals surface area contributed by atoms with Crippen LogP contribution in [0.5, 0.6) is 0 Å². The van der Waals surface area contributed by atoms with E-state index >= 15 is 0 Å². The first-order valence-corrected chi connectivity index (χ1v) is 3.77. The third kappa shape index (κ3) is 0.805. The molecule has 1 nitrogen and oxygen atoms in total. The monoisotopic (exact) mass is 165 g/mol. The van der Waals surface area contributed by atoms with Gasteiger partial charge in [-0.2, -0.15) is 0 Å². The minimum absolute atomic E-state index is 0.468.